The van der Waals surface area contributed by atoms with Crippen molar-refractivity contribution in [2.45, 2.75) is 161 Å². The van der Waals surface area contributed by atoms with E-state index in [1.807, 2.05) is 78.0 Å². The van der Waals surface area contributed by atoms with E-state index in [9.17, 15) is 44.7 Å². The van der Waals surface area contributed by atoms with Crippen molar-refractivity contribution in [3.05, 3.63) is 71.0 Å². The number of amides is 1. The van der Waals surface area contributed by atoms with Gasteiger partial charge in [0.05, 0.1) is 49.2 Å². The Morgan fingerprint density at radius 1 is 1.09 bits per heavy atom. The Labute approximate surface area is 414 Å². The largest absolute Gasteiger partial charge is 0.469 e. The SMILES string of the molecule is COC[C@H]([C@@H](O)[C@@H](O)C(=O)NCC[C@@H](C)c1nc(/C=C/C[C@H]2O[C@@]3(C[C@H](O)[C@H]2C)O[C@@H]([C@@H](C[C@@H](O)[C@@H](C)[C@@H](O)[C@@H](C)/C=C(C)/C(C)=C/C=C\C(C)=C\C#N)OC)[C@@H](OP(=O)(O)O)C3(C)C)co1)N(C)C. The topological polar surface area (TPSA) is 287 Å². The summed E-state index contributed by atoms with van der Waals surface area (Å²) in [5, 5.41) is 67.1. The predicted molar refractivity (Wildman–Crippen MR) is 262 cm³/mol. The summed E-state index contributed by atoms with van der Waals surface area (Å²) in [5.41, 5.74) is 1.87. The van der Waals surface area contributed by atoms with Crippen LogP contribution in [0.5, 0.6) is 0 Å². The molecule has 0 unspecified atom stereocenters. The number of oxazole rings is 1. The van der Waals surface area contributed by atoms with Crippen molar-refractivity contribution in [1.29, 1.82) is 5.26 Å². The van der Waals surface area contributed by atoms with Crippen molar-refractivity contribution in [3.63, 3.8) is 0 Å². The van der Waals surface area contributed by atoms with E-state index in [0.717, 1.165) is 16.7 Å². The Kier molecular flexibility index (Phi) is 23.5. The minimum absolute atomic E-state index is 0.0645. The molecule has 2 aliphatic rings. The molecule has 1 amide bonds. The zero-order valence-electron chi connectivity index (χ0n) is 43.1. The number of methoxy groups -OCH3 is 2. The molecule has 1 aromatic heterocycles. The van der Waals surface area contributed by atoms with Gasteiger partial charge in [-0.15, -0.1) is 0 Å². The summed E-state index contributed by atoms with van der Waals surface area (Å²) < 4.78 is 48.2. The van der Waals surface area contributed by atoms with Crippen LogP contribution < -0.4 is 5.32 Å². The number of nitriles is 1. The molecule has 19 nitrogen and oxygen atoms in total. The highest BCUT2D eigenvalue weighted by Gasteiger charge is 2.68. The molecular weight excluding hydrogens is 928 g/mol. The molecule has 2 fully saturated rings. The van der Waals surface area contributed by atoms with E-state index in [2.05, 4.69) is 10.3 Å². The number of aromatic nitrogens is 1. The summed E-state index contributed by atoms with van der Waals surface area (Å²) >= 11 is 0. The third kappa shape index (κ3) is 16.3. The number of phosphoric ester groups is 1. The molecule has 2 saturated heterocycles. The smallest absolute Gasteiger partial charge is 0.448 e. The normalized spacial score (nSPS) is 27.6. The van der Waals surface area contributed by atoms with Crippen LogP contribution in [0.4, 0.5) is 0 Å². The third-order valence-electron chi connectivity index (χ3n) is 14.0. The van der Waals surface area contributed by atoms with Gasteiger partial charge in [-0.2, -0.15) is 5.26 Å². The second kappa shape index (κ2) is 27.0. The molecule has 0 aliphatic carbocycles. The van der Waals surface area contributed by atoms with E-state index in [0.29, 0.717) is 18.0 Å². The van der Waals surface area contributed by atoms with Crippen LogP contribution in [0.15, 0.2) is 63.9 Å². The summed E-state index contributed by atoms with van der Waals surface area (Å²) in [5.74, 6) is -3.63. The molecule has 3 rings (SSSR count). The van der Waals surface area contributed by atoms with Gasteiger partial charge < -0.3 is 68.9 Å². The van der Waals surface area contributed by atoms with Gasteiger partial charge in [-0.05, 0) is 64.9 Å². The highest BCUT2D eigenvalue weighted by atomic mass is 31.2. The highest BCUT2D eigenvalue weighted by molar-refractivity contribution is 7.46. The summed E-state index contributed by atoms with van der Waals surface area (Å²) in [6.07, 6.45) is 4.10. The first kappa shape index (κ1) is 60.9. The Morgan fingerprint density at radius 2 is 1.76 bits per heavy atom. The second-order valence-corrected chi connectivity index (χ2v) is 21.1. The van der Waals surface area contributed by atoms with E-state index in [1.54, 1.807) is 45.8 Å². The fraction of sp³-hybridized carbons (Fsp3) is 0.700. The number of nitrogens with one attached hydrogen (secondary N) is 1. The standard InChI is InChI=1S/C50H81N4O15P/c1-29(20-22-51)16-14-17-30(2)32(4)24-33(5)42(57)35(7)38(55)25-41(65-13)45-46(69-70(61,62)63)49(8,9)50(68-45)26-39(56)34(6)40(67-50)19-15-18-36-27-66-48(53-36)31(3)21-23-52-47(60)44(59)43(58)37(28-64-12)54(10)11/h14-18,20,24,27,31,33-35,37-46,55-59H,19,21,23,25-26,28H2,1-13H3,(H,52,60)(H2,61,62,63)/b16-14-,18-15+,29-20+,30-17+,32-24+/t31-,33+,34-,35-,37-,38-,39+,40-,41-,42+,43-,44-,45+,46-,50+/m1/s1. The van der Waals surface area contributed by atoms with Gasteiger partial charge in [0.15, 0.2) is 17.8 Å². The molecule has 1 spiro atoms. The first-order chi connectivity index (χ1) is 32.6. The summed E-state index contributed by atoms with van der Waals surface area (Å²) in [7, 11) is 1.12. The van der Waals surface area contributed by atoms with Crippen LogP contribution in [0, 0.1) is 34.5 Å². The number of allylic oxidation sites excluding steroid dienone is 7. The zero-order chi connectivity index (χ0) is 52.9. The van der Waals surface area contributed by atoms with Gasteiger partial charge in [-0.1, -0.05) is 77.5 Å². The quantitative estimate of drug-likeness (QED) is 0.0355. The molecule has 20 heteroatoms. The van der Waals surface area contributed by atoms with Gasteiger partial charge in [0.1, 0.15) is 30.3 Å². The van der Waals surface area contributed by atoms with Gasteiger partial charge in [0.25, 0.3) is 5.91 Å². The average molecular weight is 1010 g/mol. The van der Waals surface area contributed by atoms with Crippen molar-refractivity contribution in [1.82, 2.24) is 15.2 Å². The van der Waals surface area contributed by atoms with Gasteiger partial charge in [-0.3, -0.25) is 9.32 Å². The molecule has 70 heavy (non-hydrogen) atoms. The number of carbonyl (C=O) groups is 1. The van der Waals surface area contributed by atoms with Gasteiger partial charge >= 0.3 is 7.82 Å². The highest BCUT2D eigenvalue weighted by Crippen LogP contribution is 2.59. The summed E-state index contributed by atoms with van der Waals surface area (Å²) in [6.45, 7) is 16.6. The molecule has 1 aromatic rings. The van der Waals surface area contributed by atoms with Gasteiger partial charge in [0.2, 0.25) is 0 Å². The number of rotatable bonds is 26. The second-order valence-electron chi connectivity index (χ2n) is 19.9. The lowest BCUT2D eigenvalue weighted by Gasteiger charge is -2.50. The van der Waals surface area contributed by atoms with Crippen LogP contribution in [0.3, 0.4) is 0 Å². The van der Waals surface area contributed by atoms with Crippen LogP contribution in [-0.4, -0.2) is 159 Å². The number of ether oxygens (including phenoxy) is 4. The number of likely N-dealkylation sites (N-methyl/N-ethyl adjacent to an activating group) is 1. The minimum atomic E-state index is -5.15. The molecule has 0 aromatic carbocycles. The molecule has 0 saturated carbocycles. The van der Waals surface area contributed by atoms with Crippen molar-refractivity contribution in [2.24, 2.45) is 23.2 Å². The first-order valence-corrected chi connectivity index (χ1v) is 25.4. The van der Waals surface area contributed by atoms with E-state index in [4.69, 9.17) is 33.2 Å². The average Bonchev–Trinajstić information content (AvgIpc) is 3.84. The lowest BCUT2D eigenvalue weighted by atomic mass is 9.72. The van der Waals surface area contributed by atoms with Crippen molar-refractivity contribution < 1.29 is 72.6 Å². The van der Waals surface area contributed by atoms with Crippen molar-refractivity contribution in [3.8, 4) is 6.07 Å². The zero-order valence-corrected chi connectivity index (χ0v) is 44.0. The number of hydrogen-bond acceptors (Lipinski definition) is 16. The summed E-state index contributed by atoms with van der Waals surface area (Å²) in [4.78, 5) is 39.2. The van der Waals surface area contributed by atoms with Crippen molar-refractivity contribution >= 4 is 19.8 Å². The number of aliphatic hydroxyl groups excluding tert-OH is 5. The maximum atomic E-state index is 12.6. The Balaban J connectivity index is 1.74. The number of phosphoric acid groups is 1. The summed E-state index contributed by atoms with van der Waals surface area (Å²) in [6, 6.07) is 1.40. The third-order valence-corrected chi connectivity index (χ3v) is 14.5. The first-order valence-electron chi connectivity index (χ1n) is 23.8. The lowest BCUT2D eigenvalue weighted by Crippen LogP contribution is -2.58. The van der Waals surface area contributed by atoms with Crippen LogP contribution in [0.1, 0.15) is 105 Å². The Hall–Kier alpha value is -3.42. The van der Waals surface area contributed by atoms with E-state index in [-0.39, 0.29) is 44.2 Å². The minimum Gasteiger partial charge on any atom is -0.448 e. The molecule has 8 N–H and O–H groups in total. The fourth-order valence-electron chi connectivity index (χ4n) is 8.96. The molecule has 15 atom stereocenters. The molecular formula is C50H81N4O15P. The maximum Gasteiger partial charge on any atom is 0.469 e. The predicted octanol–water partition coefficient (Wildman–Crippen LogP) is 4.69. The van der Waals surface area contributed by atoms with Gasteiger partial charge in [0, 0.05) is 68.8 Å². The van der Waals surface area contributed by atoms with E-state index >= 15 is 0 Å². The van der Waals surface area contributed by atoms with Gasteiger partial charge in [-0.25, -0.2) is 9.55 Å². The molecule has 0 bridgehead atoms. The lowest BCUT2D eigenvalue weighted by molar-refractivity contribution is -0.334. The number of aliphatic hydroxyl groups is 5. The van der Waals surface area contributed by atoms with Crippen LogP contribution in [0.25, 0.3) is 6.08 Å². The fourth-order valence-corrected chi connectivity index (χ4v) is 9.64. The number of hydrogen-bond donors (Lipinski definition) is 8. The number of nitrogens with zero attached hydrogens (tertiary/aromatic N) is 3. The maximum absolute atomic E-state index is 12.6. The molecule has 0 radical (unpaired) electrons. The van der Waals surface area contributed by atoms with E-state index in [1.165, 1.54) is 26.6 Å². The van der Waals surface area contributed by atoms with Crippen LogP contribution >= 0.6 is 7.82 Å². The van der Waals surface area contributed by atoms with Crippen LogP contribution in [0.2, 0.25) is 0 Å². The van der Waals surface area contributed by atoms with Crippen molar-refractivity contribution in [2.75, 3.05) is 41.5 Å². The molecule has 3 heterocycles. The molecule has 2 aliphatic heterocycles. The van der Waals surface area contributed by atoms with Crippen LogP contribution in [-0.2, 0) is 32.8 Å². The Bertz CT molecular complexity index is 2080. The monoisotopic (exact) mass is 1010 g/mol. The Morgan fingerprint density at radius 3 is 2.36 bits per heavy atom. The molecule has 396 valence electrons. The number of carbonyl (C=O) groups excluding carboxylic acids is 1. The van der Waals surface area contributed by atoms with E-state index < -0.39 is 97.7 Å².